The Kier molecular flexibility index (Phi) is 7.23. The molecule has 1 atom stereocenters. The van der Waals surface area contributed by atoms with Gasteiger partial charge in [0, 0.05) is 0 Å². The van der Waals surface area contributed by atoms with Crippen LogP contribution in [0.1, 0.15) is 16.7 Å². The third-order valence-corrected chi connectivity index (χ3v) is 7.19. The summed E-state index contributed by atoms with van der Waals surface area (Å²) in [5, 5.41) is -0.305. The van der Waals surface area contributed by atoms with Crippen molar-refractivity contribution >= 4 is 50.1 Å². The quantitative estimate of drug-likeness (QED) is 0.334. The van der Waals surface area contributed by atoms with Crippen molar-refractivity contribution in [3.05, 3.63) is 99.5 Å². The summed E-state index contributed by atoms with van der Waals surface area (Å²) in [4.78, 5) is 14.5. The largest absolute Gasteiger partial charge is 0.488 e. The van der Waals surface area contributed by atoms with E-state index in [4.69, 9.17) is 17.0 Å². The fraction of sp³-hybridized carbons (Fsp3) is 0.167. The first kappa shape index (κ1) is 22.9. The first-order valence-electron chi connectivity index (χ1n) is 9.81. The van der Waals surface area contributed by atoms with Crippen molar-refractivity contribution in [1.29, 1.82) is 0 Å². The molecule has 0 N–H and O–H groups in total. The van der Waals surface area contributed by atoms with Crippen LogP contribution in [0.3, 0.4) is 0 Å². The maximum absolute atomic E-state index is 13.1. The number of carbonyl (C=O) groups excluding carboxylic acids is 1. The molecule has 1 heterocycles. The number of amides is 1. The highest BCUT2D eigenvalue weighted by Crippen LogP contribution is 2.33. The van der Waals surface area contributed by atoms with Crippen LogP contribution in [0, 0.1) is 11.6 Å². The summed E-state index contributed by atoms with van der Waals surface area (Å²) >= 11 is 10.3. The van der Waals surface area contributed by atoms with Crippen molar-refractivity contribution in [2.24, 2.45) is 0 Å². The summed E-state index contributed by atoms with van der Waals surface area (Å²) in [7, 11) is 0. The van der Waals surface area contributed by atoms with Crippen LogP contribution in [-0.4, -0.2) is 20.4 Å². The van der Waals surface area contributed by atoms with E-state index in [1.54, 1.807) is 29.2 Å². The van der Waals surface area contributed by atoms with E-state index < -0.39 is 0 Å². The fourth-order valence-electron chi connectivity index (χ4n) is 3.29. The number of nitrogens with zero attached hydrogens (tertiary/aromatic N) is 1. The molecule has 0 unspecified atom stereocenters. The van der Waals surface area contributed by atoms with Crippen LogP contribution in [-0.2, 0) is 24.4 Å². The zero-order chi connectivity index (χ0) is 22.7. The Balaban J connectivity index is 1.37. The minimum atomic E-state index is -0.313. The third kappa shape index (κ3) is 5.54. The number of halogens is 3. The predicted molar refractivity (Wildman–Crippen MR) is 130 cm³/mol. The maximum atomic E-state index is 13.1. The lowest BCUT2D eigenvalue weighted by atomic mass is 10.1. The summed E-state index contributed by atoms with van der Waals surface area (Å²) in [6.45, 7) is 0.656. The van der Waals surface area contributed by atoms with Crippen LogP contribution in [0.4, 0.5) is 8.78 Å². The van der Waals surface area contributed by atoms with Crippen LogP contribution in [0.5, 0.6) is 5.75 Å². The molecule has 3 aromatic carbocycles. The van der Waals surface area contributed by atoms with Gasteiger partial charge in [0.05, 0.1) is 16.3 Å². The molecule has 0 radical (unpaired) electrons. The van der Waals surface area contributed by atoms with E-state index >= 15 is 0 Å². The Bertz CT molecular complexity index is 1140. The van der Waals surface area contributed by atoms with Gasteiger partial charge >= 0.3 is 0 Å². The first-order valence-corrected chi connectivity index (χ1v) is 11.9. The molecule has 0 aliphatic carbocycles. The highest BCUT2D eigenvalue weighted by atomic mass is 79.9. The molecule has 1 aliphatic heterocycles. The molecule has 1 amide bonds. The van der Waals surface area contributed by atoms with Gasteiger partial charge in [-0.05, 0) is 75.4 Å². The van der Waals surface area contributed by atoms with Crippen molar-refractivity contribution in [2.75, 3.05) is 0 Å². The van der Waals surface area contributed by atoms with Crippen LogP contribution < -0.4 is 4.74 Å². The number of ether oxygens (including phenoxy) is 1. The van der Waals surface area contributed by atoms with E-state index in [2.05, 4.69) is 15.9 Å². The average molecular weight is 534 g/mol. The lowest BCUT2D eigenvalue weighted by Gasteiger charge is -2.16. The minimum absolute atomic E-state index is 0.0444. The lowest BCUT2D eigenvalue weighted by molar-refractivity contribution is -0.126. The minimum Gasteiger partial charge on any atom is -0.488 e. The van der Waals surface area contributed by atoms with Gasteiger partial charge in [-0.3, -0.25) is 9.69 Å². The smallest absolute Gasteiger partial charge is 0.242 e. The number of thiocarbonyl (C=S) groups is 1. The second-order valence-electron chi connectivity index (χ2n) is 7.31. The fourth-order valence-corrected chi connectivity index (χ4v) is 5.36. The van der Waals surface area contributed by atoms with E-state index in [0.717, 1.165) is 21.2 Å². The van der Waals surface area contributed by atoms with Gasteiger partial charge < -0.3 is 4.74 Å². The Morgan fingerprint density at radius 2 is 1.53 bits per heavy atom. The molecular weight excluding hydrogens is 516 g/mol. The molecule has 0 aromatic heterocycles. The number of hydrogen-bond acceptors (Lipinski definition) is 4. The van der Waals surface area contributed by atoms with Gasteiger partial charge in [-0.2, -0.15) is 0 Å². The molecule has 0 spiro atoms. The summed E-state index contributed by atoms with van der Waals surface area (Å²) in [5.41, 5.74) is 2.67. The molecule has 1 aliphatic rings. The van der Waals surface area contributed by atoms with Gasteiger partial charge in [-0.15, -0.1) is 0 Å². The van der Waals surface area contributed by atoms with Gasteiger partial charge in [-0.1, -0.05) is 54.3 Å². The second kappa shape index (κ2) is 10.1. The molecule has 8 heteroatoms. The van der Waals surface area contributed by atoms with E-state index in [0.29, 0.717) is 29.6 Å². The first-order chi connectivity index (χ1) is 15.4. The van der Waals surface area contributed by atoms with E-state index in [-0.39, 0.29) is 22.8 Å². The topological polar surface area (TPSA) is 29.5 Å². The summed E-state index contributed by atoms with van der Waals surface area (Å²) in [6, 6.07) is 17.9. The highest BCUT2D eigenvalue weighted by molar-refractivity contribution is 9.10. The Labute approximate surface area is 202 Å². The predicted octanol–water partition coefficient (Wildman–Crippen LogP) is 6.28. The second-order valence-corrected chi connectivity index (χ2v) is 10.00. The van der Waals surface area contributed by atoms with Crippen molar-refractivity contribution in [3.8, 4) is 5.75 Å². The molecule has 3 nitrogen and oxygen atoms in total. The van der Waals surface area contributed by atoms with Crippen molar-refractivity contribution < 1.29 is 18.3 Å². The molecule has 32 heavy (non-hydrogen) atoms. The molecule has 1 saturated heterocycles. The highest BCUT2D eigenvalue weighted by Gasteiger charge is 2.36. The number of rotatable bonds is 7. The standard InChI is InChI=1S/C24H18BrF2NO2S2/c25-20-11-17(5-10-21(20)30-14-16-3-8-19(27)9-4-16)12-22-23(29)28(24(31)32-22)13-15-1-6-18(26)7-2-15/h1-11,22H,12-14H2/t22-/m0/s1. The van der Waals surface area contributed by atoms with Crippen LogP contribution in [0.25, 0.3) is 0 Å². The van der Waals surface area contributed by atoms with Crippen molar-refractivity contribution in [1.82, 2.24) is 4.90 Å². The Morgan fingerprint density at radius 3 is 2.16 bits per heavy atom. The summed E-state index contributed by atoms with van der Waals surface area (Å²) in [5.74, 6) is 0.0235. The number of hydrogen-bond donors (Lipinski definition) is 0. The van der Waals surface area contributed by atoms with E-state index in [9.17, 15) is 13.6 Å². The molecule has 1 fully saturated rings. The normalized spacial score (nSPS) is 16.0. The molecule has 164 valence electrons. The van der Waals surface area contributed by atoms with Crippen molar-refractivity contribution in [3.63, 3.8) is 0 Å². The van der Waals surface area contributed by atoms with Crippen LogP contribution >= 0.6 is 39.9 Å². The van der Waals surface area contributed by atoms with E-state index in [1.165, 1.54) is 36.0 Å². The van der Waals surface area contributed by atoms with E-state index in [1.807, 2.05) is 18.2 Å². The SMILES string of the molecule is O=C1[C@H](Cc2ccc(OCc3ccc(F)cc3)c(Br)c2)SC(=S)N1Cc1ccc(F)cc1. The van der Waals surface area contributed by atoms with Gasteiger partial charge in [0.1, 0.15) is 28.3 Å². The number of thioether (sulfide) groups is 1. The summed E-state index contributed by atoms with van der Waals surface area (Å²) < 4.78 is 33.3. The zero-order valence-electron chi connectivity index (χ0n) is 16.8. The molecule has 4 rings (SSSR count). The molecular formula is C24H18BrF2NO2S2. The van der Waals surface area contributed by atoms with Crippen LogP contribution in [0.2, 0.25) is 0 Å². The van der Waals surface area contributed by atoms with Crippen LogP contribution in [0.15, 0.2) is 71.2 Å². The molecule has 3 aromatic rings. The van der Waals surface area contributed by atoms with Gasteiger partial charge in [0.15, 0.2) is 0 Å². The van der Waals surface area contributed by atoms with Gasteiger partial charge in [0.2, 0.25) is 5.91 Å². The number of carbonyl (C=O) groups is 1. The third-order valence-electron chi connectivity index (χ3n) is 4.98. The van der Waals surface area contributed by atoms with Gasteiger partial charge in [-0.25, -0.2) is 8.78 Å². The number of benzene rings is 3. The van der Waals surface area contributed by atoms with Gasteiger partial charge in [0.25, 0.3) is 0 Å². The average Bonchev–Trinajstić information content (AvgIpc) is 3.03. The molecule has 0 bridgehead atoms. The zero-order valence-corrected chi connectivity index (χ0v) is 20.0. The Morgan fingerprint density at radius 1 is 0.938 bits per heavy atom. The molecule has 0 saturated carbocycles. The monoisotopic (exact) mass is 533 g/mol. The lowest BCUT2D eigenvalue weighted by Crippen LogP contribution is -2.31. The van der Waals surface area contributed by atoms with Crippen molar-refractivity contribution in [2.45, 2.75) is 24.8 Å². The Hall–Kier alpha value is -2.29. The maximum Gasteiger partial charge on any atom is 0.242 e. The summed E-state index contributed by atoms with van der Waals surface area (Å²) in [6.07, 6.45) is 0.528.